The molecular weight excluding hydrogens is 160 g/mol. The fraction of sp³-hybridized carbons (Fsp3) is 0.286. The maximum atomic E-state index is 11.0. The Balaban J connectivity index is 2.78. The predicted octanol–water partition coefficient (Wildman–Crippen LogP) is 1.55. The molecule has 0 radical (unpaired) electrons. The summed E-state index contributed by atoms with van der Waals surface area (Å²) in [7, 11) is 0. The summed E-state index contributed by atoms with van der Waals surface area (Å²) in [6, 6.07) is 1.79. The van der Waals surface area contributed by atoms with Crippen LogP contribution in [0.5, 0.6) is 0 Å². The third-order valence-electron chi connectivity index (χ3n) is 1.14. The molecule has 0 aliphatic heterocycles. The summed E-state index contributed by atoms with van der Waals surface area (Å²) in [5, 5.41) is 10.7. The zero-order valence-corrected chi connectivity index (χ0v) is 6.81. The molecule has 0 spiro atoms. The fourth-order valence-corrected chi connectivity index (χ4v) is 1.27. The van der Waals surface area contributed by atoms with Gasteiger partial charge in [-0.05, 0) is 6.92 Å². The molecule has 56 valence electrons. The lowest BCUT2D eigenvalue weighted by atomic mass is 10.2. The van der Waals surface area contributed by atoms with Crippen molar-refractivity contribution in [1.82, 2.24) is 4.98 Å². The van der Waals surface area contributed by atoms with Crippen molar-refractivity contribution < 1.29 is 4.79 Å². The summed E-state index contributed by atoms with van der Waals surface area (Å²) >= 11 is 1.42. The smallest absolute Gasteiger partial charge is 0.196 e. The maximum absolute atomic E-state index is 11.0. The van der Waals surface area contributed by atoms with Crippen LogP contribution >= 0.6 is 11.3 Å². The molecule has 0 aliphatic rings. The normalized spacial score (nSPS) is 9.09. The summed E-state index contributed by atoms with van der Waals surface area (Å²) in [6.45, 7) is 1.83. The van der Waals surface area contributed by atoms with E-state index in [2.05, 4.69) is 4.98 Å². The van der Waals surface area contributed by atoms with Crippen LogP contribution in [0.3, 0.4) is 0 Å². The number of hydrogen-bond donors (Lipinski definition) is 0. The zero-order chi connectivity index (χ0) is 8.27. The zero-order valence-electron chi connectivity index (χ0n) is 6.00. The van der Waals surface area contributed by atoms with E-state index in [1.807, 2.05) is 6.92 Å². The largest absolute Gasteiger partial charge is 0.291 e. The van der Waals surface area contributed by atoms with Crippen LogP contribution in [0.15, 0.2) is 5.38 Å². The van der Waals surface area contributed by atoms with Crippen LogP contribution in [-0.2, 0) is 0 Å². The minimum absolute atomic E-state index is 0.0802. The first-order valence-electron chi connectivity index (χ1n) is 3.06. The summed E-state index contributed by atoms with van der Waals surface area (Å²) < 4.78 is 0. The number of Topliss-reactive ketones (excluding diaryl/α,β-unsaturated/α-hetero) is 1. The minimum atomic E-state index is -0.197. The van der Waals surface area contributed by atoms with Gasteiger partial charge in [0.2, 0.25) is 0 Å². The SMILES string of the molecule is Cc1nc(C(=O)CC#N)cs1. The molecule has 1 aromatic rings. The Kier molecular flexibility index (Phi) is 2.34. The molecule has 3 nitrogen and oxygen atoms in total. The van der Waals surface area contributed by atoms with Gasteiger partial charge in [-0.3, -0.25) is 4.79 Å². The molecule has 0 aromatic carbocycles. The van der Waals surface area contributed by atoms with Crippen LogP contribution in [0.4, 0.5) is 0 Å². The first-order valence-corrected chi connectivity index (χ1v) is 3.94. The third kappa shape index (κ3) is 1.85. The Labute approximate surface area is 68.3 Å². The Bertz CT molecular complexity index is 310. The average molecular weight is 166 g/mol. The van der Waals surface area contributed by atoms with Gasteiger partial charge < -0.3 is 0 Å². The summed E-state index contributed by atoms with van der Waals surface area (Å²) in [5.74, 6) is -0.197. The number of ketones is 1. The van der Waals surface area contributed by atoms with Gasteiger partial charge in [-0.1, -0.05) is 0 Å². The fourth-order valence-electron chi connectivity index (χ4n) is 0.654. The van der Waals surface area contributed by atoms with Crippen molar-refractivity contribution in [3.05, 3.63) is 16.1 Å². The van der Waals surface area contributed by atoms with Crippen molar-refractivity contribution in [3.8, 4) is 6.07 Å². The molecule has 0 aliphatic carbocycles. The van der Waals surface area contributed by atoms with E-state index in [-0.39, 0.29) is 12.2 Å². The number of thiazole rings is 1. The van der Waals surface area contributed by atoms with Gasteiger partial charge in [-0.25, -0.2) is 4.98 Å². The van der Waals surface area contributed by atoms with Gasteiger partial charge in [0, 0.05) is 5.38 Å². The van der Waals surface area contributed by atoms with Crippen LogP contribution in [0, 0.1) is 18.3 Å². The van der Waals surface area contributed by atoms with E-state index in [9.17, 15) is 4.79 Å². The van der Waals surface area contributed by atoms with Gasteiger partial charge in [-0.15, -0.1) is 11.3 Å². The topological polar surface area (TPSA) is 53.8 Å². The Morgan fingerprint density at radius 3 is 3.09 bits per heavy atom. The van der Waals surface area contributed by atoms with Crippen LogP contribution in [-0.4, -0.2) is 10.8 Å². The Morgan fingerprint density at radius 2 is 2.64 bits per heavy atom. The molecular formula is C7H6N2OS. The first-order chi connectivity index (χ1) is 5.24. The standard InChI is InChI=1S/C7H6N2OS/c1-5-9-6(4-11-5)7(10)2-3-8/h4H,2H2,1H3. The molecule has 0 amide bonds. The van der Waals surface area contributed by atoms with E-state index >= 15 is 0 Å². The van der Waals surface area contributed by atoms with Crippen LogP contribution in [0.2, 0.25) is 0 Å². The maximum Gasteiger partial charge on any atom is 0.196 e. The molecule has 0 unspecified atom stereocenters. The second-order valence-corrected chi connectivity index (χ2v) is 3.07. The highest BCUT2D eigenvalue weighted by atomic mass is 32.1. The van der Waals surface area contributed by atoms with E-state index in [0.29, 0.717) is 5.69 Å². The Hall–Kier alpha value is -1.21. The van der Waals surface area contributed by atoms with Crippen molar-refractivity contribution in [2.75, 3.05) is 0 Å². The third-order valence-corrected chi connectivity index (χ3v) is 1.92. The number of rotatable bonds is 2. The van der Waals surface area contributed by atoms with Gasteiger partial charge >= 0.3 is 0 Å². The monoisotopic (exact) mass is 166 g/mol. The molecule has 0 N–H and O–H groups in total. The number of nitriles is 1. The molecule has 0 atom stereocenters. The second-order valence-electron chi connectivity index (χ2n) is 2.01. The molecule has 0 saturated carbocycles. The summed E-state index contributed by atoms with van der Waals surface area (Å²) in [5.41, 5.74) is 0.411. The molecule has 11 heavy (non-hydrogen) atoms. The van der Waals surface area contributed by atoms with Gasteiger partial charge in [0.1, 0.15) is 12.1 Å². The van der Waals surface area contributed by atoms with E-state index in [4.69, 9.17) is 5.26 Å². The first kappa shape index (κ1) is 7.89. The number of hydrogen-bond acceptors (Lipinski definition) is 4. The van der Waals surface area contributed by atoms with Crippen LogP contribution < -0.4 is 0 Å². The van der Waals surface area contributed by atoms with E-state index in [1.165, 1.54) is 11.3 Å². The molecule has 1 rings (SSSR count). The van der Waals surface area contributed by atoms with Crippen molar-refractivity contribution in [1.29, 1.82) is 5.26 Å². The molecule has 1 aromatic heterocycles. The van der Waals surface area contributed by atoms with Crippen LogP contribution in [0.1, 0.15) is 21.9 Å². The van der Waals surface area contributed by atoms with Crippen molar-refractivity contribution >= 4 is 17.1 Å². The Morgan fingerprint density at radius 1 is 1.91 bits per heavy atom. The summed E-state index contributed by atoms with van der Waals surface area (Å²) in [4.78, 5) is 14.9. The van der Waals surface area contributed by atoms with E-state index in [0.717, 1.165) is 5.01 Å². The lowest BCUT2D eigenvalue weighted by Gasteiger charge is -1.84. The molecule has 0 saturated heterocycles. The number of carbonyl (C=O) groups is 1. The van der Waals surface area contributed by atoms with Crippen LogP contribution in [0.25, 0.3) is 0 Å². The highest BCUT2D eigenvalue weighted by molar-refractivity contribution is 7.09. The number of nitrogens with zero attached hydrogens (tertiary/aromatic N) is 2. The second kappa shape index (κ2) is 3.26. The summed E-state index contributed by atoms with van der Waals surface area (Å²) in [6.07, 6.45) is -0.0802. The number of carbonyl (C=O) groups excluding carboxylic acids is 1. The van der Waals surface area contributed by atoms with Gasteiger partial charge in [-0.2, -0.15) is 5.26 Å². The average Bonchev–Trinajstić information content (AvgIpc) is 2.36. The quantitative estimate of drug-likeness (QED) is 0.626. The minimum Gasteiger partial charge on any atom is -0.291 e. The lowest BCUT2D eigenvalue weighted by molar-refractivity contribution is 0.0993. The number of aromatic nitrogens is 1. The van der Waals surface area contributed by atoms with Crippen molar-refractivity contribution in [2.45, 2.75) is 13.3 Å². The highest BCUT2D eigenvalue weighted by Crippen LogP contribution is 2.09. The highest BCUT2D eigenvalue weighted by Gasteiger charge is 2.07. The van der Waals surface area contributed by atoms with Gasteiger partial charge in [0.15, 0.2) is 5.78 Å². The molecule has 1 heterocycles. The van der Waals surface area contributed by atoms with E-state index < -0.39 is 0 Å². The number of aryl methyl sites for hydroxylation is 1. The molecule has 4 heteroatoms. The molecule has 0 bridgehead atoms. The van der Waals surface area contributed by atoms with Crippen molar-refractivity contribution in [2.24, 2.45) is 0 Å². The van der Waals surface area contributed by atoms with Gasteiger partial charge in [0.05, 0.1) is 11.1 Å². The lowest BCUT2D eigenvalue weighted by Crippen LogP contribution is -1.96. The van der Waals surface area contributed by atoms with Crippen molar-refractivity contribution in [3.63, 3.8) is 0 Å². The predicted molar refractivity (Wildman–Crippen MR) is 41.4 cm³/mol. The van der Waals surface area contributed by atoms with Gasteiger partial charge in [0.25, 0.3) is 0 Å². The van der Waals surface area contributed by atoms with E-state index in [1.54, 1.807) is 11.4 Å². The molecule has 0 fully saturated rings.